The molecular weight excluding hydrogens is 236 g/mol. The predicted octanol–water partition coefficient (Wildman–Crippen LogP) is 0.868. The van der Waals surface area contributed by atoms with Crippen LogP contribution < -0.4 is 5.32 Å². The fraction of sp³-hybridized carbons (Fsp3) is 0.600. The van der Waals surface area contributed by atoms with Crippen molar-refractivity contribution < 1.29 is 0 Å². The Bertz CT molecular complexity index is 477. The van der Waals surface area contributed by atoms with E-state index in [4.69, 9.17) is 0 Å². The first-order valence-electron chi connectivity index (χ1n) is 5.57. The Hall–Kier alpha value is -1.34. The number of hydrogen-bond donors (Lipinski definition) is 1. The molecule has 2 aromatic rings. The molecule has 0 aliphatic rings. The molecule has 0 bridgehead atoms. The van der Waals surface area contributed by atoms with Crippen LogP contribution >= 0.6 is 11.5 Å². The molecule has 0 fully saturated rings. The third kappa shape index (κ3) is 2.67. The van der Waals surface area contributed by atoms with E-state index in [1.54, 1.807) is 11.0 Å². The van der Waals surface area contributed by atoms with Crippen molar-refractivity contribution in [2.24, 2.45) is 7.05 Å². The summed E-state index contributed by atoms with van der Waals surface area (Å²) in [6.45, 7) is 4.98. The minimum Gasteiger partial charge on any atom is -0.309 e. The number of hydrogen-bond acceptors (Lipinski definition) is 6. The second-order valence-electron chi connectivity index (χ2n) is 3.84. The van der Waals surface area contributed by atoms with Crippen molar-refractivity contribution in [2.75, 3.05) is 6.54 Å². The molecule has 0 amide bonds. The maximum Gasteiger partial charge on any atom is 0.138 e. The van der Waals surface area contributed by atoms with Crippen molar-refractivity contribution in [1.29, 1.82) is 0 Å². The first-order valence-corrected chi connectivity index (χ1v) is 6.34. The maximum absolute atomic E-state index is 4.25. The van der Waals surface area contributed by atoms with E-state index in [-0.39, 0.29) is 6.04 Å². The second-order valence-corrected chi connectivity index (χ2v) is 4.62. The number of likely N-dealkylation sites (N-methyl/N-ethyl adjacent to an activating group) is 1. The molecule has 2 aromatic heterocycles. The molecule has 0 radical (unpaired) electrons. The lowest BCUT2D eigenvalue weighted by atomic mass is 10.1. The Labute approximate surface area is 104 Å². The molecule has 0 aromatic carbocycles. The first kappa shape index (κ1) is 12.1. The summed E-state index contributed by atoms with van der Waals surface area (Å²) in [5.41, 5.74) is 0.989. The van der Waals surface area contributed by atoms with Gasteiger partial charge in [-0.15, -0.1) is 5.10 Å². The van der Waals surface area contributed by atoms with Crippen LogP contribution in [0.3, 0.4) is 0 Å². The first-order chi connectivity index (χ1) is 8.22. The monoisotopic (exact) mass is 252 g/mol. The van der Waals surface area contributed by atoms with E-state index in [1.807, 2.05) is 14.0 Å². The van der Waals surface area contributed by atoms with Gasteiger partial charge in [-0.2, -0.15) is 5.10 Å². The third-order valence-corrected chi connectivity index (χ3v) is 3.59. The Morgan fingerprint density at radius 1 is 1.53 bits per heavy atom. The summed E-state index contributed by atoms with van der Waals surface area (Å²) >= 11 is 1.44. The lowest BCUT2D eigenvalue weighted by Gasteiger charge is -2.15. The number of aryl methyl sites for hydroxylation is 2. The van der Waals surface area contributed by atoms with Gasteiger partial charge in [-0.1, -0.05) is 11.4 Å². The van der Waals surface area contributed by atoms with E-state index in [0.717, 1.165) is 24.5 Å². The van der Waals surface area contributed by atoms with Crippen LogP contribution in [0.15, 0.2) is 6.33 Å². The molecule has 0 spiro atoms. The van der Waals surface area contributed by atoms with Crippen molar-refractivity contribution in [3.63, 3.8) is 0 Å². The highest BCUT2D eigenvalue weighted by molar-refractivity contribution is 7.05. The topological polar surface area (TPSA) is 68.5 Å². The van der Waals surface area contributed by atoms with Crippen molar-refractivity contribution in [3.05, 3.63) is 22.7 Å². The van der Waals surface area contributed by atoms with E-state index in [0.29, 0.717) is 0 Å². The van der Waals surface area contributed by atoms with Crippen molar-refractivity contribution in [3.8, 4) is 0 Å². The molecule has 1 atom stereocenters. The Kier molecular flexibility index (Phi) is 3.80. The molecule has 0 saturated heterocycles. The predicted molar refractivity (Wildman–Crippen MR) is 65.8 cm³/mol. The SMILES string of the molecule is CCNC(Cc1ncnn1C)c1snnc1C. The molecule has 7 heteroatoms. The Balaban J connectivity index is 2.19. The van der Waals surface area contributed by atoms with Crippen LogP contribution in [0.5, 0.6) is 0 Å². The number of nitrogens with zero attached hydrogens (tertiary/aromatic N) is 5. The van der Waals surface area contributed by atoms with Crippen molar-refractivity contribution >= 4 is 11.5 Å². The van der Waals surface area contributed by atoms with Crippen LogP contribution in [0.2, 0.25) is 0 Å². The smallest absolute Gasteiger partial charge is 0.138 e. The molecule has 1 unspecified atom stereocenters. The molecule has 2 heterocycles. The van der Waals surface area contributed by atoms with Gasteiger partial charge in [-0.05, 0) is 25.0 Å². The van der Waals surface area contributed by atoms with Gasteiger partial charge >= 0.3 is 0 Å². The molecule has 0 saturated carbocycles. The number of aromatic nitrogens is 5. The zero-order valence-electron chi connectivity index (χ0n) is 10.2. The fourth-order valence-corrected chi connectivity index (χ4v) is 2.47. The van der Waals surface area contributed by atoms with Gasteiger partial charge in [-0.3, -0.25) is 4.68 Å². The minimum atomic E-state index is 0.211. The van der Waals surface area contributed by atoms with E-state index >= 15 is 0 Å². The normalized spacial score (nSPS) is 12.9. The molecule has 6 nitrogen and oxygen atoms in total. The maximum atomic E-state index is 4.25. The lowest BCUT2D eigenvalue weighted by Crippen LogP contribution is -2.24. The van der Waals surface area contributed by atoms with Gasteiger partial charge in [0.25, 0.3) is 0 Å². The van der Waals surface area contributed by atoms with Crippen LogP contribution in [-0.4, -0.2) is 30.9 Å². The largest absolute Gasteiger partial charge is 0.309 e. The zero-order valence-corrected chi connectivity index (χ0v) is 11.0. The summed E-state index contributed by atoms with van der Waals surface area (Å²) in [5, 5.41) is 11.6. The number of rotatable bonds is 5. The molecule has 0 aliphatic carbocycles. The average molecular weight is 252 g/mol. The molecule has 17 heavy (non-hydrogen) atoms. The number of nitrogens with one attached hydrogen (secondary N) is 1. The third-order valence-electron chi connectivity index (χ3n) is 2.65. The fourth-order valence-electron chi connectivity index (χ4n) is 1.75. The molecule has 1 N–H and O–H groups in total. The summed E-state index contributed by atoms with van der Waals surface area (Å²) in [5.74, 6) is 0.962. The summed E-state index contributed by atoms with van der Waals surface area (Å²) in [6.07, 6.45) is 2.38. The summed E-state index contributed by atoms with van der Waals surface area (Å²) in [6, 6.07) is 0.211. The zero-order chi connectivity index (χ0) is 12.3. The highest BCUT2D eigenvalue weighted by atomic mass is 32.1. The minimum absolute atomic E-state index is 0.211. The molecule has 92 valence electrons. The van der Waals surface area contributed by atoms with Crippen LogP contribution in [0.4, 0.5) is 0 Å². The van der Waals surface area contributed by atoms with Crippen molar-refractivity contribution in [1.82, 2.24) is 29.7 Å². The van der Waals surface area contributed by atoms with Gasteiger partial charge < -0.3 is 5.32 Å². The Morgan fingerprint density at radius 3 is 2.88 bits per heavy atom. The Morgan fingerprint density at radius 2 is 2.35 bits per heavy atom. The average Bonchev–Trinajstić information content (AvgIpc) is 2.88. The van der Waals surface area contributed by atoms with Crippen LogP contribution in [0, 0.1) is 6.92 Å². The van der Waals surface area contributed by atoms with Gasteiger partial charge in [-0.25, -0.2) is 4.98 Å². The second kappa shape index (κ2) is 5.33. The van der Waals surface area contributed by atoms with E-state index in [2.05, 4.69) is 31.9 Å². The van der Waals surface area contributed by atoms with Crippen molar-refractivity contribution in [2.45, 2.75) is 26.3 Å². The van der Waals surface area contributed by atoms with E-state index in [9.17, 15) is 0 Å². The van der Waals surface area contributed by atoms with Gasteiger partial charge in [0.1, 0.15) is 12.2 Å². The summed E-state index contributed by atoms with van der Waals surface area (Å²) in [7, 11) is 1.91. The standard InChI is InChI=1S/C10H16N6S/c1-4-11-8(10-7(2)14-15-17-10)5-9-12-6-13-16(9)3/h6,8,11H,4-5H2,1-3H3. The van der Waals surface area contributed by atoms with Crippen LogP contribution in [-0.2, 0) is 13.5 Å². The molecular formula is C10H16N6S. The quantitative estimate of drug-likeness (QED) is 0.855. The molecule has 2 rings (SSSR count). The van der Waals surface area contributed by atoms with E-state index < -0.39 is 0 Å². The highest BCUT2D eigenvalue weighted by Crippen LogP contribution is 2.22. The van der Waals surface area contributed by atoms with Gasteiger partial charge in [0.2, 0.25) is 0 Å². The van der Waals surface area contributed by atoms with Crippen LogP contribution in [0.25, 0.3) is 0 Å². The van der Waals surface area contributed by atoms with Gasteiger partial charge in [0, 0.05) is 13.5 Å². The summed E-state index contributed by atoms with van der Waals surface area (Å²) in [4.78, 5) is 5.43. The highest BCUT2D eigenvalue weighted by Gasteiger charge is 2.18. The lowest BCUT2D eigenvalue weighted by molar-refractivity contribution is 0.526. The van der Waals surface area contributed by atoms with Crippen LogP contribution in [0.1, 0.15) is 29.4 Å². The van der Waals surface area contributed by atoms with E-state index in [1.165, 1.54) is 16.4 Å². The molecule has 0 aliphatic heterocycles. The van der Waals surface area contributed by atoms with Gasteiger partial charge in [0.15, 0.2) is 0 Å². The van der Waals surface area contributed by atoms with Gasteiger partial charge in [0.05, 0.1) is 16.6 Å². The summed E-state index contributed by atoms with van der Waals surface area (Å²) < 4.78 is 5.79.